The average Bonchev–Trinajstić information content (AvgIpc) is 2.15. The van der Waals surface area contributed by atoms with Crippen molar-refractivity contribution in [2.75, 3.05) is 20.1 Å². The molecule has 0 aromatic rings. The Kier molecular flexibility index (Phi) is 5.93. The zero-order chi connectivity index (χ0) is 12.0. The summed E-state index contributed by atoms with van der Waals surface area (Å²) in [5.41, 5.74) is 5.69. The fourth-order valence-electron chi connectivity index (χ4n) is 1.09. The first kappa shape index (κ1) is 13.9. The SMILES string of the molecule is CCNC(=O)CN(C)C(=O)[C@@H](N)C(C)C. The number of rotatable bonds is 5. The van der Waals surface area contributed by atoms with Gasteiger partial charge in [-0.2, -0.15) is 0 Å². The van der Waals surface area contributed by atoms with Crippen molar-refractivity contribution in [3.63, 3.8) is 0 Å². The van der Waals surface area contributed by atoms with Gasteiger partial charge >= 0.3 is 0 Å². The van der Waals surface area contributed by atoms with E-state index in [1.807, 2.05) is 20.8 Å². The standard InChI is InChI=1S/C10H21N3O2/c1-5-12-8(14)6-13(4)10(15)9(11)7(2)3/h7,9H,5-6,11H2,1-4H3,(H,12,14)/t9-/m0/s1. The molecule has 0 rings (SSSR count). The number of likely N-dealkylation sites (N-methyl/N-ethyl adjacent to an activating group) is 2. The highest BCUT2D eigenvalue weighted by Gasteiger charge is 2.22. The van der Waals surface area contributed by atoms with Gasteiger partial charge in [-0.3, -0.25) is 9.59 Å². The Morgan fingerprint density at radius 2 is 1.93 bits per heavy atom. The minimum atomic E-state index is -0.538. The number of carbonyl (C=O) groups is 2. The predicted molar refractivity (Wildman–Crippen MR) is 59.1 cm³/mol. The van der Waals surface area contributed by atoms with Crippen LogP contribution in [0.2, 0.25) is 0 Å². The van der Waals surface area contributed by atoms with E-state index in [2.05, 4.69) is 5.32 Å². The van der Waals surface area contributed by atoms with E-state index < -0.39 is 6.04 Å². The van der Waals surface area contributed by atoms with Gasteiger partial charge in [0.15, 0.2) is 0 Å². The lowest BCUT2D eigenvalue weighted by molar-refractivity contribution is -0.136. The number of hydrogen-bond acceptors (Lipinski definition) is 3. The first-order valence-electron chi connectivity index (χ1n) is 5.17. The second-order valence-electron chi connectivity index (χ2n) is 3.92. The molecule has 15 heavy (non-hydrogen) atoms. The number of nitrogens with two attached hydrogens (primary N) is 1. The molecule has 0 aromatic carbocycles. The van der Waals surface area contributed by atoms with E-state index in [-0.39, 0.29) is 24.3 Å². The van der Waals surface area contributed by atoms with Crippen LogP contribution in [-0.4, -0.2) is 42.9 Å². The molecule has 5 nitrogen and oxygen atoms in total. The molecule has 0 bridgehead atoms. The molecule has 0 aliphatic carbocycles. The van der Waals surface area contributed by atoms with Gasteiger partial charge in [0, 0.05) is 13.6 Å². The Balaban J connectivity index is 4.15. The lowest BCUT2D eigenvalue weighted by atomic mass is 10.0. The van der Waals surface area contributed by atoms with Crippen molar-refractivity contribution >= 4 is 11.8 Å². The number of amides is 2. The van der Waals surface area contributed by atoms with E-state index in [4.69, 9.17) is 5.73 Å². The normalized spacial score (nSPS) is 12.4. The molecule has 0 heterocycles. The quantitative estimate of drug-likeness (QED) is 0.653. The van der Waals surface area contributed by atoms with Crippen molar-refractivity contribution in [1.82, 2.24) is 10.2 Å². The van der Waals surface area contributed by atoms with Crippen LogP contribution in [0.15, 0.2) is 0 Å². The van der Waals surface area contributed by atoms with Crippen molar-refractivity contribution in [2.24, 2.45) is 11.7 Å². The molecule has 0 saturated heterocycles. The molecule has 0 radical (unpaired) electrons. The summed E-state index contributed by atoms with van der Waals surface area (Å²) in [6.45, 7) is 6.22. The highest BCUT2D eigenvalue weighted by Crippen LogP contribution is 2.01. The zero-order valence-electron chi connectivity index (χ0n) is 9.91. The molecule has 5 heteroatoms. The third-order valence-electron chi connectivity index (χ3n) is 2.13. The van der Waals surface area contributed by atoms with Gasteiger partial charge in [0.05, 0.1) is 12.6 Å². The largest absolute Gasteiger partial charge is 0.355 e. The monoisotopic (exact) mass is 215 g/mol. The van der Waals surface area contributed by atoms with Crippen molar-refractivity contribution < 1.29 is 9.59 Å². The topological polar surface area (TPSA) is 75.4 Å². The number of hydrogen-bond donors (Lipinski definition) is 2. The van der Waals surface area contributed by atoms with Gasteiger partial charge in [-0.15, -0.1) is 0 Å². The Morgan fingerprint density at radius 3 is 2.33 bits per heavy atom. The van der Waals surface area contributed by atoms with Crippen LogP contribution in [-0.2, 0) is 9.59 Å². The van der Waals surface area contributed by atoms with Crippen molar-refractivity contribution in [1.29, 1.82) is 0 Å². The Morgan fingerprint density at radius 1 is 1.40 bits per heavy atom. The van der Waals surface area contributed by atoms with Gasteiger partial charge in [-0.1, -0.05) is 13.8 Å². The fraction of sp³-hybridized carbons (Fsp3) is 0.800. The second kappa shape index (κ2) is 6.40. The van der Waals surface area contributed by atoms with E-state index in [1.165, 1.54) is 4.90 Å². The van der Waals surface area contributed by atoms with E-state index in [1.54, 1.807) is 7.05 Å². The fourth-order valence-corrected chi connectivity index (χ4v) is 1.09. The summed E-state index contributed by atoms with van der Waals surface area (Å²) >= 11 is 0. The lowest BCUT2D eigenvalue weighted by Crippen LogP contribution is -2.48. The molecule has 88 valence electrons. The van der Waals surface area contributed by atoms with Crippen LogP contribution < -0.4 is 11.1 Å². The highest BCUT2D eigenvalue weighted by atomic mass is 16.2. The number of nitrogens with one attached hydrogen (secondary N) is 1. The molecule has 3 N–H and O–H groups in total. The molecule has 0 fully saturated rings. The molecule has 0 aliphatic rings. The van der Waals surface area contributed by atoms with Crippen molar-refractivity contribution in [2.45, 2.75) is 26.8 Å². The molecule has 0 saturated carbocycles. The predicted octanol–water partition coefficient (Wildman–Crippen LogP) is -0.436. The third-order valence-corrected chi connectivity index (χ3v) is 2.13. The second-order valence-corrected chi connectivity index (χ2v) is 3.92. The molecule has 0 unspecified atom stereocenters. The van der Waals surface area contributed by atoms with Crippen LogP contribution in [0, 0.1) is 5.92 Å². The van der Waals surface area contributed by atoms with Crippen LogP contribution in [0.5, 0.6) is 0 Å². The molecule has 0 aliphatic heterocycles. The average molecular weight is 215 g/mol. The first-order chi connectivity index (χ1) is 6.90. The summed E-state index contributed by atoms with van der Waals surface area (Å²) in [5.74, 6) is -0.283. The van der Waals surface area contributed by atoms with Gasteiger partial charge in [-0.05, 0) is 12.8 Å². The maximum absolute atomic E-state index is 11.6. The molecule has 0 aromatic heterocycles. The summed E-state index contributed by atoms with van der Waals surface area (Å²) in [7, 11) is 1.58. The minimum absolute atomic E-state index is 0.0626. The number of carbonyl (C=O) groups excluding carboxylic acids is 2. The van der Waals surface area contributed by atoms with Gasteiger partial charge < -0.3 is 16.0 Å². The summed E-state index contributed by atoms with van der Waals surface area (Å²) < 4.78 is 0. The lowest BCUT2D eigenvalue weighted by Gasteiger charge is -2.22. The first-order valence-corrected chi connectivity index (χ1v) is 5.17. The van der Waals surface area contributed by atoms with Gasteiger partial charge in [0.2, 0.25) is 11.8 Å². The summed E-state index contributed by atoms with van der Waals surface area (Å²) in [4.78, 5) is 24.2. The third kappa shape index (κ3) is 4.78. The van der Waals surface area contributed by atoms with Crippen LogP contribution in [0.4, 0.5) is 0 Å². The van der Waals surface area contributed by atoms with Crippen molar-refractivity contribution in [3.8, 4) is 0 Å². The Bertz CT molecular complexity index is 229. The van der Waals surface area contributed by atoms with Gasteiger partial charge in [0.1, 0.15) is 0 Å². The Hall–Kier alpha value is -1.10. The summed E-state index contributed by atoms with van der Waals surface area (Å²) in [5, 5.41) is 2.63. The molecule has 0 spiro atoms. The van der Waals surface area contributed by atoms with Crippen LogP contribution in [0.1, 0.15) is 20.8 Å². The molecular formula is C10H21N3O2. The van der Waals surface area contributed by atoms with Gasteiger partial charge in [0.25, 0.3) is 0 Å². The summed E-state index contributed by atoms with van der Waals surface area (Å²) in [6.07, 6.45) is 0. The van der Waals surface area contributed by atoms with E-state index in [9.17, 15) is 9.59 Å². The van der Waals surface area contributed by atoms with Crippen LogP contribution in [0.25, 0.3) is 0 Å². The van der Waals surface area contributed by atoms with E-state index in [0.717, 1.165) is 0 Å². The molecule has 2 amide bonds. The van der Waals surface area contributed by atoms with E-state index in [0.29, 0.717) is 6.54 Å². The van der Waals surface area contributed by atoms with Crippen LogP contribution >= 0.6 is 0 Å². The number of nitrogens with zero attached hydrogens (tertiary/aromatic N) is 1. The van der Waals surface area contributed by atoms with E-state index >= 15 is 0 Å². The summed E-state index contributed by atoms with van der Waals surface area (Å²) in [6, 6.07) is -0.538. The maximum atomic E-state index is 11.6. The zero-order valence-corrected chi connectivity index (χ0v) is 9.91. The highest BCUT2D eigenvalue weighted by molar-refractivity contribution is 5.87. The molecule has 1 atom stereocenters. The molecular weight excluding hydrogens is 194 g/mol. The minimum Gasteiger partial charge on any atom is -0.355 e. The van der Waals surface area contributed by atoms with Gasteiger partial charge in [-0.25, -0.2) is 0 Å². The maximum Gasteiger partial charge on any atom is 0.239 e. The van der Waals surface area contributed by atoms with Crippen LogP contribution in [0.3, 0.4) is 0 Å². The smallest absolute Gasteiger partial charge is 0.239 e. The Labute approximate surface area is 91.0 Å². The van der Waals surface area contributed by atoms with Crippen molar-refractivity contribution in [3.05, 3.63) is 0 Å².